The van der Waals surface area contributed by atoms with Gasteiger partial charge in [0.1, 0.15) is 5.82 Å². The number of hydrogen-bond acceptors (Lipinski definition) is 3. The molecule has 0 fully saturated rings. The van der Waals surface area contributed by atoms with Gasteiger partial charge in [0.15, 0.2) is 0 Å². The fraction of sp³-hybridized carbons (Fsp3) is 0.400. The summed E-state index contributed by atoms with van der Waals surface area (Å²) in [7, 11) is 1.73. The first-order valence-corrected chi connectivity index (χ1v) is 4.47. The van der Waals surface area contributed by atoms with Gasteiger partial charge in [-0.25, -0.2) is 4.39 Å². The van der Waals surface area contributed by atoms with Crippen LogP contribution in [-0.2, 0) is 0 Å². The van der Waals surface area contributed by atoms with Crippen LogP contribution in [0.4, 0.5) is 10.1 Å². The number of likely N-dealkylation sites (N-methyl/N-ethyl adjacent to an activating group) is 1. The first-order valence-electron chi connectivity index (χ1n) is 4.47. The van der Waals surface area contributed by atoms with E-state index in [9.17, 15) is 9.50 Å². The smallest absolute Gasteiger partial charge is 0.146 e. The van der Waals surface area contributed by atoms with E-state index in [0.717, 1.165) is 0 Å². The lowest BCUT2D eigenvalue weighted by molar-refractivity contribution is 0.140. The lowest BCUT2D eigenvalue weighted by atomic mass is 10.0. The van der Waals surface area contributed by atoms with Crippen molar-refractivity contribution >= 4 is 5.69 Å². The number of hydrogen-bond donors (Lipinski definition) is 3. The van der Waals surface area contributed by atoms with E-state index >= 15 is 0 Å². The van der Waals surface area contributed by atoms with E-state index in [-0.39, 0.29) is 11.7 Å². The van der Waals surface area contributed by atoms with E-state index in [1.807, 2.05) is 0 Å². The molecule has 0 saturated carbocycles. The van der Waals surface area contributed by atoms with Gasteiger partial charge in [-0.2, -0.15) is 0 Å². The number of rotatable bonds is 3. The Morgan fingerprint density at radius 1 is 1.50 bits per heavy atom. The van der Waals surface area contributed by atoms with Crippen LogP contribution in [0.15, 0.2) is 18.2 Å². The average molecular weight is 198 g/mol. The van der Waals surface area contributed by atoms with Gasteiger partial charge in [-0.15, -0.1) is 0 Å². The molecule has 1 rings (SSSR count). The lowest BCUT2D eigenvalue weighted by Crippen LogP contribution is -2.29. The number of nitrogens with one attached hydrogen (secondary N) is 1. The Hall–Kier alpha value is -1.13. The SMILES string of the molecule is CNC(C)C(O)c1cccc(F)c1N. The van der Waals surface area contributed by atoms with Crippen molar-refractivity contribution in [3.05, 3.63) is 29.6 Å². The Labute approximate surface area is 82.7 Å². The van der Waals surface area contributed by atoms with Gasteiger partial charge in [-0.1, -0.05) is 12.1 Å². The minimum absolute atomic E-state index is 0.0158. The molecule has 0 spiro atoms. The molecule has 0 saturated heterocycles. The molecule has 0 aromatic heterocycles. The topological polar surface area (TPSA) is 58.3 Å². The van der Waals surface area contributed by atoms with Crippen LogP contribution in [0.5, 0.6) is 0 Å². The summed E-state index contributed by atoms with van der Waals surface area (Å²) >= 11 is 0. The van der Waals surface area contributed by atoms with E-state index in [4.69, 9.17) is 5.73 Å². The molecular weight excluding hydrogens is 183 g/mol. The standard InChI is InChI=1S/C10H15FN2O/c1-6(13-2)10(14)7-4-3-5-8(11)9(7)12/h3-6,10,13-14H,12H2,1-2H3. The molecule has 14 heavy (non-hydrogen) atoms. The van der Waals surface area contributed by atoms with E-state index in [0.29, 0.717) is 5.56 Å². The highest BCUT2D eigenvalue weighted by molar-refractivity contribution is 5.49. The molecule has 0 aliphatic heterocycles. The highest BCUT2D eigenvalue weighted by atomic mass is 19.1. The number of aliphatic hydroxyl groups is 1. The van der Waals surface area contributed by atoms with Gasteiger partial charge in [0.2, 0.25) is 0 Å². The van der Waals surface area contributed by atoms with Crippen LogP contribution in [0.25, 0.3) is 0 Å². The molecule has 0 radical (unpaired) electrons. The van der Waals surface area contributed by atoms with Crippen molar-refractivity contribution in [2.24, 2.45) is 0 Å². The summed E-state index contributed by atoms with van der Waals surface area (Å²) in [6.07, 6.45) is -0.796. The van der Waals surface area contributed by atoms with Crippen molar-refractivity contribution in [3.63, 3.8) is 0 Å². The summed E-state index contributed by atoms with van der Waals surface area (Å²) in [6.45, 7) is 1.80. The summed E-state index contributed by atoms with van der Waals surface area (Å²) in [4.78, 5) is 0. The summed E-state index contributed by atoms with van der Waals surface area (Å²) in [5, 5.41) is 12.7. The Kier molecular flexibility index (Phi) is 3.43. The monoisotopic (exact) mass is 198 g/mol. The summed E-state index contributed by atoms with van der Waals surface area (Å²) < 4.78 is 13.1. The second-order valence-electron chi connectivity index (χ2n) is 3.26. The van der Waals surface area contributed by atoms with Crippen molar-refractivity contribution in [2.75, 3.05) is 12.8 Å². The average Bonchev–Trinajstić information content (AvgIpc) is 2.20. The van der Waals surface area contributed by atoms with Crippen LogP contribution < -0.4 is 11.1 Å². The number of aliphatic hydroxyl groups excluding tert-OH is 1. The third-order valence-corrected chi connectivity index (χ3v) is 2.33. The van der Waals surface area contributed by atoms with Crippen LogP contribution in [-0.4, -0.2) is 18.2 Å². The second-order valence-corrected chi connectivity index (χ2v) is 3.26. The van der Waals surface area contributed by atoms with Gasteiger partial charge >= 0.3 is 0 Å². The maximum absolute atomic E-state index is 13.1. The molecule has 0 aliphatic carbocycles. The Morgan fingerprint density at radius 3 is 2.71 bits per heavy atom. The van der Waals surface area contributed by atoms with E-state index < -0.39 is 11.9 Å². The van der Waals surface area contributed by atoms with Gasteiger partial charge in [0.05, 0.1) is 11.8 Å². The zero-order chi connectivity index (χ0) is 10.7. The van der Waals surface area contributed by atoms with Crippen LogP contribution in [0.1, 0.15) is 18.6 Å². The van der Waals surface area contributed by atoms with Crippen molar-refractivity contribution in [1.29, 1.82) is 0 Å². The maximum Gasteiger partial charge on any atom is 0.146 e. The molecule has 3 nitrogen and oxygen atoms in total. The fourth-order valence-electron chi connectivity index (χ4n) is 1.24. The van der Waals surface area contributed by atoms with E-state index in [1.165, 1.54) is 12.1 Å². The largest absolute Gasteiger partial charge is 0.396 e. The van der Waals surface area contributed by atoms with Crippen LogP contribution in [0.3, 0.4) is 0 Å². The predicted octanol–water partition coefficient (Wildman–Crippen LogP) is 1.05. The first kappa shape index (κ1) is 10.9. The highest BCUT2D eigenvalue weighted by Crippen LogP contribution is 2.24. The third kappa shape index (κ3) is 2.02. The minimum Gasteiger partial charge on any atom is -0.396 e. The molecule has 78 valence electrons. The van der Waals surface area contributed by atoms with Crippen molar-refractivity contribution in [1.82, 2.24) is 5.32 Å². The summed E-state index contributed by atoms with van der Waals surface area (Å²) in [6, 6.07) is 4.26. The molecule has 0 bridgehead atoms. The highest BCUT2D eigenvalue weighted by Gasteiger charge is 2.18. The number of nitrogen functional groups attached to an aromatic ring is 1. The third-order valence-electron chi connectivity index (χ3n) is 2.33. The van der Waals surface area contributed by atoms with Gasteiger partial charge in [0.25, 0.3) is 0 Å². The molecule has 2 unspecified atom stereocenters. The maximum atomic E-state index is 13.1. The Morgan fingerprint density at radius 2 is 2.14 bits per heavy atom. The second kappa shape index (κ2) is 4.39. The van der Waals surface area contributed by atoms with Crippen molar-refractivity contribution in [3.8, 4) is 0 Å². The predicted molar refractivity (Wildman–Crippen MR) is 54.3 cm³/mol. The van der Waals surface area contributed by atoms with Crippen LogP contribution in [0, 0.1) is 5.82 Å². The lowest BCUT2D eigenvalue weighted by Gasteiger charge is -2.20. The normalized spacial score (nSPS) is 15.1. The molecular formula is C10H15FN2O. The summed E-state index contributed by atoms with van der Waals surface area (Å²) in [5.74, 6) is -0.496. The Balaban J connectivity index is 3.01. The van der Waals surface area contributed by atoms with Crippen LogP contribution in [0.2, 0.25) is 0 Å². The zero-order valence-electron chi connectivity index (χ0n) is 8.29. The molecule has 0 heterocycles. The molecule has 4 N–H and O–H groups in total. The molecule has 1 aromatic rings. The molecule has 0 amide bonds. The van der Waals surface area contributed by atoms with Gasteiger partial charge in [0, 0.05) is 11.6 Å². The molecule has 1 aromatic carbocycles. The number of halogens is 1. The molecule has 2 atom stereocenters. The number of para-hydroxylation sites is 1. The number of benzene rings is 1. The minimum atomic E-state index is -0.796. The van der Waals surface area contributed by atoms with Gasteiger partial charge in [-0.05, 0) is 20.0 Å². The zero-order valence-corrected chi connectivity index (χ0v) is 8.29. The molecule has 4 heteroatoms. The van der Waals surface area contributed by atoms with Crippen molar-refractivity contribution < 1.29 is 9.50 Å². The summed E-state index contributed by atoms with van der Waals surface area (Å²) in [5.41, 5.74) is 5.95. The van der Waals surface area contributed by atoms with E-state index in [1.54, 1.807) is 20.0 Å². The first-order chi connectivity index (χ1) is 6.57. The van der Waals surface area contributed by atoms with Crippen molar-refractivity contribution in [2.45, 2.75) is 19.1 Å². The van der Waals surface area contributed by atoms with Gasteiger partial charge < -0.3 is 16.2 Å². The Bertz CT molecular complexity index is 317. The number of anilines is 1. The van der Waals surface area contributed by atoms with Gasteiger partial charge in [-0.3, -0.25) is 0 Å². The van der Waals surface area contributed by atoms with Crippen LogP contribution >= 0.6 is 0 Å². The fourth-order valence-corrected chi connectivity index (χ4v) is 1.24. The molecule has 0 aliphatic rings. The quantitative estimate of drug-likeness (QED) is 0.636. The van der Waals surface area contributed by atoms with E-state index in [2.05, 4.69) is 5.32 Å². The number of nitrogens with two attached hydrogens (primary N) is 1.